The Labute approximate surface area is 127 Å². The van der Waals surface area contributed by atoms with Crippen molar-refractivity contribution in [2.45, 2.75) is 49.4 Å². The fourth-order valence-electron chi connectivity index (χ4n) is 3.29. The summed E-state index contributed by atoms with van der Waals surface area (Å²) in [6, 6.07) is 1.36. The molecule has 2 fully saturated rings. The molecule has 1 saturated heterocycles. The molecule has 1 N–H and O–H groups in total. The molecule has 1 aliphatic carbocycles. The largest absolute Gasteiger partial charge is 0.348 e. The SMILES string of the molecule is CSC1CCCC1NC1CCN(CC(=O)N(C)C)CC1. The molecule has 0 bridgehead atoms. The summed E-state index contributed by atoms with van der Waals surface area (Å²) in [7, 11) is 3.67. The highest BCUT2D eigenvalue weighted by Gasteiger charge is 2.29. The van der Waals surface area contributed by atoms with Gasteiger partial charge in [0, 0.05) is 44.5 Å². The highest BCUT2D eigenvalue weighted by molar-refractivity contribution is 7.99. The van der Waals surface area contributed by atoms with Crippen molar-refractivity contribution >= 4 is 17.7 Å². The summed E-state index contributed by atoms with van der Waals surface area (Å²) in [6.45, 7) is 2.68. The number of piperidine rings is 1. The van der Waals surface area contributed by atoms with Crippen molar-refractivity contribution in [3.8, 4) is 0 Å². The van der Waals surface area contributed by atoms with Gasteiger partial charge in [-0.05, 0) is 31.9 Å². The number of carbonyl (C=O) groups excluding carboxylic acids is 1. The summed E-state index contributed by atoms with van der Waals surface area (Å²) >= 11 is 2.02. The van der Waals surface area contributed by atoms with Crippen LogP contribution in [0.25, 0.3) is 0 Å². The van der Waals surface area contributed by atoms with Crippen LogP contribution in [0.5, 0.6) is 0 Å². The monoisotopic (exact) mass is 299 g/mol. The third-order valence-electron chi connectivity index (χ3n) is 4.65. The standard InChI is InChI=1S/C15H29N3OS/c1-17(2)15(19)11-18-9-7-12(8-10-18)16-13-5-4-6-14(13)20-3/h12-14,16H,4-11H2,1-3H3. The summed E-state index contributed by atoms with van der Waals surface area (Å²) < 4.78 is 0. The van der Waals surface area contributed by atoms with E-state index in [2.05, 4.69) is 16.5 Å². The van der Waals surface area contributed by atoms with Crippen molar-refractivity contribution in [3.05, 3.63) is 0 Å². The van der Waals surface area contributed by atoms with E-state index in [0.29, 0.717) is 18.6 Å². The molecule has 2 atom stereocenters. The fourth-order valence-corrected chi connectivity index (χ4v) is 4.24. The molecule has 2 rings (SSSR count). The molecular formula is C15H29N3OS. The number of carbonyl (C=O) groups is 1. The molecule has 2 aliphatic rings. The zero-order valence-corrected chi connectivity index (χ0v) is 13.9. The minimum absolute atomic E-state index is 0.217. The maximum absolute atomic E-state index is 11.7. The topological polar surface area (TPSA) is 35.6 Å². The molecule has 20 heavy (non-hydrogen) atoms. The lowest BCUT2D eigenvalue weighted by atomic mass is 10.0. The predicted molar refractivity (Wildman–Crippen MR) is 86.2 cm³/mol. The molecule has 1 amide bonds. The van der Waals surface area contributed by atoms with E-state index in [-0.39, 0.29) is 5.91 Å². The third kappa shape index (κ3) is 4.37. The van der Waals surface area contributed by atoms with Gasteiger partial charge < -0.3 is 10.2 Å². The van der Waals surface area contributed by atoms with Crippen molar-refractivity contribution in [3.63, 3.8) is 0 Å². The minimum Gasteiger partial charge on any atom is -0.348 e. The molecular weight excluding hydrogens is 270 g/mol. The van der Waals surface area contributed by atoms with E-state index in [4.69, 9.17) is 0 Å². The number of nitrogens with one attached hydrogen (secondary N) is 1. The summed E-state index contributed by atoms with van der Waals surface area (Å²) in [5, 5.41) is 4.68. The van der Waals surface area contributed by atoms with Crippen molar-refractivity contribution < 1.29 is 4.79 Å². The van der Waals surface area contributed by atoms with E-state index in [0.717, 1.165) is 18.3 Å². The van der Waals surface area contributed by atoms with E-state index >= 15 is 0 Å². The number of thioether (sulfide) groups is 1. The predicted octanol–water partition coefficient (Wildman–Crippen LogP) is 1.41. The number of hydrogen-bond acceptors (Lipinski definition) is 4. The number of likely N-dealkylation sites (tertiary alicyclic amines) is 1. The molecule has 1 heterocycles. The third-order valence-corrected chi connectivity index (χ3v) is 5.82. The van der Waals surface area contributed by atoms with Crippen LogP contribution in [-0.4, -0.2) is 73.0 Å². The van der Waals surface area contributed by atoms with E-state index in [1.54, 1.807) is 4.90 Å². The van der Waals surface area contributed by atoms with E-state index in [1.807, 2.05) is 25.9 Å². The average molecular weight is 299 g/mol. The van der Waals surface area contributed by atoms with Gasteiger partial charge in [-0.25, -0.2) is 0 Å². The second-order valence-corrected chi connectivity index (χ2v) is 7.39. The average Bonchev–Trinajstić information content (AvgIpc) is 2.88. The van der Waals surface area contributed by atoms with Gasteiger partial charge in [0.15, 0.2) is 0 Å². The zero-order valence-electron chi connectivity index (χ0n) is 13.1. The van der Waals surface area contributed by atoms with Gasteiger partial charge in [-0.3, -0.25) is 9.69 Å². The highest BCUT2D eigenvalue weighted by atomic mass is 32.2. The number of hydrogen-bond donors (Lipinski definition) is 1. The Morgan fingerprint density at radius 1 is 1.25 bits per heavy atom. The molecule has 116 valence electrons. The first-order chi connectivity index (χ1) is 9.60. The number of amides is 1. The summed E-state index contributed by atoms with van der Waals surface area (Å²) in [5.74, 6) is 0.217. The van der Waals surface area contributed by atoms with Gasteiger partial charge >= 0.3 is 0 Å². The molecule has 0 spiro atoms. The molecule has 0 aromatic carbocycles. The smallest absolute Gasteiger partial charge is 0.236 e. The summed E-state index contributed by atoms with van der Waals surface area (Å²) in [6.07, 6.45) is 8.68. The van der Waals surface area contributed by atoms with Gasteiger partial charge in [-0.15, -0.1) is 0 Å². The van der Waals surface area contributed by atoms with Crippen LogP contribution in [0.4, 0.5) is 0 Å². The molecule has 0 aromatic rings. The van der Waals surface area contributed by atoms with E-state index < -0.39 is 0 Å². The van der Waals surface area contributed by atoms with Crippen LogP contribution in [-0.2, 0) is 4.79 Å². The van der Waals surface area contributed by atoms with Crippen molar-refractivity contribution in [1.29, 1.82) is 0 Å². The van der Waals surface area contributed by atoms with Gasteiger partial charge in [0.05, 0.1) is 6.54 Å². The Morgan fingerprint density at radius 2 is 1.95 bits per heavy atom. The lowest BCUT2D eigenvalue weighted by Gasteiger charge is -2.35. The molecule has 4 nitrogen and oxygen atoms in total. The number of nitrogens with zero attached hydrogens (tertiary/aromatic N) is 2. The molecule has 1 aliphatic heterocycles. The second-order valence-electron chi connectivity index (χ2n) is 6.32. The van der Waals surface area contributed by atoms with Crippen molar-refractivity contribution in [2.75, 3.05) is 40.0 Å². The van der Waals surface area contributed by atoms with Gasteiger partial charge in [0.25, 0.3) is 0 Å². The van der Waals surface area contributed by atoms with Crippen molar-refractivity contribution in [1.82, 2.24) is 15.1 Å². The Hall–Kier alpha value is -0.260. The van der Waals surface area contributed by atoms with Gasteiger partial charge in [-0.1, -0.05) is 6.42 Å². The first-order valence-corrected chi connectivity index (χ1v) is 9.10. The molecule has 5 heteroatoms. The van der Waals surface area contributed by atoms with Crippen LogP contribution >= 0.6 is 11.8 Å². The lowest BCUT2D eigenvalue weighted by Crippen LogP contribution is -2.49. The number of likely N-dealkylation sites (N-methyl/N-ethyl adjacent to an activating group) is 1. The maximum atomic E-state index is 11.7. The van der Waals surface area contributed by atoms with Crippen LogP contribution in [0.15, 0.2) is 0 Å². The zero-order chi connectivity index (χ0) is 14.5. The molecule has 2 unspecified atom stereocenters. The Morgan fingerprint density at radius 3 is 2.55 bits per heavy atom. The first-order valence-electron chi connectivity index (χ1n) is 7.81. The summed E-state index contributed by atoms with van der Waals surface area (Å²) in [5.41, 5.74) is 0. The minimum atomic E-state index is 0.217. The maximum Gasteiger partial charge on any atom is 0.236 e. The van der Waals surface area contributed by atoms with Crippen LogP contribution in [0, 0.1) is 0 Å². The number of rotatable bonds is 5. The molecule has 0 aromatic heterocycles. The molecule has 1 saturated carbocycles. The van der Waals surface area contributed by atoms with Crippen LogP contribution in [0.2, 0.25) is 0 Å². The van der Waals surface area contributed by atoms with Crippen LogP contribution in [0.3, 0.4) is 0 Å². The fraction of sp³-hybridized carbons (Fsp3) is 0.933. The first kappa shape index (κ1) is 16.1. The Balaban J connectivity index is 1.70. The summed E-state index contributed by atoms with van der Waals surface area (Å²) in [4.78, 5) is 15.7. The Kier molecular flexibility index (Phi) is 6.18. The Bertz CT molecular complexity index is 316. The molecule has 0 radical (unpaired) electrons. The van der Waals surface area contributed by atoms with E-state index in [1.165, 1.54) is 32.1 Å². The quantitative estimate of drug-likeness (QED) is 0.833. The van der Waals surface area contributed by atoms with Crippen molar-refractivity contribution in [2.24, 2.45) is 0 Å². The second kappa shape index (κ2) is 7.66. The van der Waals surface area contributed by atoms with Gasteiger partial charge in [0.1, 0.15) is 0 Å². The van der Waals surface area contributed by atoms with Crippen LogP contribution < -0.4 is 5.32 Å². The van der Waals surface area contributed by atoms with E-state index in [9.17, 15) is 4.79 Å². The normalized spacial score (nSPS) is 28.8. The highest BCUT2D eigenvalue weighted by Crippen LogP contribution is 2.29. The van der Waals surface area contributed by atoms with Gasteiger partial charge in [0.2, 0.25) is 5.91 Å². The van der Waals surface area contributed by atoms with Gasteiger partial charge in [-0.2, -0.15) is 11.8 Å². The lowest BCUT2D eigenvalue weighted by molar-refractivity contribution is -0.130. The van der Waals surface area contributed by atoms with Crippen LogP contribution in [0.1, 0.15) is 32.1 Å².